The zero-order valence-corrected chi connectivity index (χ0v) is 27.4. The van der Waals surface area contributed by atoms with Gasteiger partial charge in [-0.05, 0) is 83.2 Å². The Morgan fingerprint density at radius 3 is 2.77 bits per heavy atom. The smallest absolute Gasteiger partial charge is 0.407 e. The number of nitrogens with one attached hydrogen (secondary N) is 2. The lowest BCUT2D eigenvalue weighted by molar-refractivity contribution is 0.0132. The molecule has 1 spiro atoms. The van der Waals surface area contributed by atoms with Gasteiger partial charge in [-0.2, -0.15) is 15.1 Å². The molecule has 3 saturated heterocycles. The van der Waals surface area contributed by atoms with Crippen LogP contribution in [0.15, 0.2) is 12.3 Å². The Kier molecular flexibility index (Phi) is 7.16. The molecule has 2 N–H and O–H groups in total. The maximum Gasteiger partial charge on any atom is 0.407 e. The van der Waals surface area contributed by atoms with Gasteiger partial charge in [-0.15, -0.1) is 0 Å². The van der Waals surface area contributed by atoms with Crippen LogP contribution >= 0.6 is 0 Å². The van der Waals surface area contributed by atoms with Gasteiger partial charge in [0.05, 0.1) is 38.5 Å². The number of carbonyl (C=O) groups excluding carboxylic acids is 1. The van der Waals surface area contributed by atoms with Crippen LogP contribution in [0.3, 0.4) is 0 Å². The highest BCUT2D eigenvalue weighted by atomic mass is 19.1. The summed E-state index contributed by atoms with van der Waals surface area (Å²) in [6.07, 6.45) is 8.31. The second-order valence-corrected chi connectivity index (χ2v) is 14.0. The minimum absolute atomic E-state index is 0.00951. The molecule has 1 saturated carbocycles. The average molecular weight is 645 g/mol. The number of pyridine rings is 1. The first-order valence-corrected chi connectivity index (χ1v) is 16.6. The van der Waals surface area contributed by atoms with Crippen molar-refractivity contribution in [3.8, 4) is 23.1 Å². The van der Waals surface area contributed by atoms with Crippen LogP contribution in [0.5, 0.6) is 11.9 Å². The lowest BCUT2D eigenvalue weighted by Gasteiger charge is -2.44. The quantitative estimate of drug-likeness (QED) is 0.294. The van der Waals surface area contributed by atoms with Gasteiger partial charge in [0.25, 0.3) is 0 Å². The molecule has 47 heavy (non-hydrogen) atoms. The fraction of sp³-hybridized carbons (Fsp3) is 0.559. The normalized spacial score (nSPS) is 26.2. The van der Waals surface area contributed by atoms with Crippen molar-refractivity contribution in [2.45, 2.75) is 70.4 Å². The molecule has 6 heterocycles. The summed E-state index contributed by atoms with van der Waals surface area (Å²) >= 11 is 0. The molecule has 13 heteroatoms. The van der Waals surface area contributed by atoms with E-state index in [0.717, 1.165) is 67.1 Å². The summed E-state index contributed by atoms with van der Waals surface area (Å²) in [4.78, 5) is 31.1. The Bertz CT molecular complexity index is 1900. The van der Waals surface area contributed by atoms with Crippen LogP contribution in [0.2, 0.25) is 0 Å². The van der Waals surface area contributed by atoms with Gasteiger partial charge in [0.15, 0.2) is 5.82 Å². The molecule has 4 fully saturated rings. The standard InChI is InChI=1S/C34H41FN8O4/c1-19-14-22-21(15-37-41-22)24(20(19)2)27-26(35)28-25(30(38-27)45-4)29(43-13-7-11-34(17-43)16-36-32(44)47-34)40-31(39-28)46-18-33-9-5-8-23(33)42(3)12-6-10-33/h14-15,23H,5-13,16-18H2,1-4H3,(H,36,44)(H,37,41)/t23-,33-,34+/m1/s1. The van der Waals surface area contributed by atoms with Crippen LogP contribution in [-0.4, -0.2) is 94.7 Å². The largest absolute Gasteiger partial charge is 0.480 e. The second-order valence-electron chi connectivity index (χ2n) is 14.0. The summed E-state index contributed by atoms with van der Waals surface area (Å²) in [6.45, 7) is 6.89. The van der Waals surface area contributed by atoms with Gasteiger partial charge in [0.1, 0.15) is 28.0 Å². The molecule has 3 aromatic heterocycles. The van der Waals surface area contributed by atoms with Crippen molar-refractivity contribution in [3.05, 3.63) is 29.2 Å². The van der Waals surface area contributed by atoms with Gasteiger partial charge >= 0.3 is 12.1 Å². The Morgan fingerprint density at radius 1 is 1.13 bits per heavy atom. The SMILES string of the molecule is COc1nc(-c2c(C)c(C)cc3[nH]ncc23)c(F)c2nc(OC[C@]34CCC[C@H]3N(C)CCC4)nc(N3CCC[C@]4(CNC(=O)O4)C3)c12. The molecule has 0 bridgehead atoms. The number of carbonyl (C=O) groups is 1. The molecule has 4 aromatic rings. The Morgan fingerprint density at radius 2 is 1.96 bits per heavy atom. The summed E-state index contributed by atoms with van der Waals surface area (Å²) in [5.41, 5.74) is 2.79. The molecule has 1 aromatic carbocycles. The molecule has 0 radical (unpaired) electrons. The van der Waals surface area contributed by atoms with Crippen molar-refractivity contribution in [2.75, 3.05) is 51.8 Å². The van der Waals surface area contributed by atoms with Crippen LogP contribution < -0.4 is 19.7 Å². The molecule has 1 aliphatic carbocycles. The van der Waals surface area contributed by atoms with E-state index in [0.29, 0.717) is 55.5 Å². The number of aryl methyl sites for hydroxylation is 1. The van der Waals surface area contributed by atoms with Gasteiger partial charge in [-0.3, -0.25) is 5.10 Å². The van der Waals surface area contributed by atoms with Crippen LogP contribution in [-0.2, 0) is 4.74 Å². The van der Waals surface area contributed by atoms with Crippen molar-refractivity contribution < 1.29 is 23.4 Å². The Labute approximate surface area is 272 Å². The van der Waals surface area contributed by atoms with E-state index in [1.165, 1.54) is 7.11 Å². The third kappa shape index (κ3) is 4.84. The average Bonchev–Trinajstić information content (AvgIpc) is 3.80. The third-order valence-electron chi connectivity index (χ3n) is 11.2. The number of hydrogen-bond donors (Lipinski definition) is 2. The number of halogens is 1. The number of alkyl carbamates (subject to hydrolysis) is 1. The molecule has 3 aliphatic heterocycles. The molecule has 4 aliphatic rings. The van der Waals surface area contributed by atoms with Crippen molar-refractivity contribution in [2.24, 2.45) is 5.41 Å². The highest BCUT2D eigenvalue weighted by Crippen LogP contribution is 2.48. The molecule has 3 atom stereocenters. The predicted molar refractivity (Wildman–Crippen MR) is 174 cm³/mol. The first kappa shape index (κ1) is 30.1. The maximum absolute atomic E-state index is 17.2. The van der Waals surface area contributed by atoms with Gasteiger partial charge in [-0.25, -0.2) is 14.2 Å². The van der Waals surface area contributed by atoms with Crippen LogP contribution in [0.4, 0.5) is 15.0 Å². The predicted octanol–water partition coefficient (Wildman–Crippen LogP) is 5.05. The Balaban J connectivity index is 1.29. The lowest BCUT2D eigenvalue weighted by Crippen LogP contribution is -2.51. The third-order valence-corrected chi connectivity index (χ3v) is 11.2. The number of aromatic amines is 1. The number of benzene rings is 1. The number of fused-ring (bicyclic) bond motifs is 3. The van der Waals surface area contributed by atoms with E-state index in [2.05, 4.69) is 27.5 Å². The van der Waals surface area contributed by atoms with Crippen molar-refractivity contribution >= 4 is 33.7 Å². The highest BCUT2D eigenvalue weighted by molar-refractivity contribution is 6.01. The zero-order valence-electron chi connectivity index (χ0n) is 27.4. The van der Waals surface area contributed by atoms with Crippen LogP contribution in [0.25, 0.3) is 33.1 Å². The fourth-order valence-electron chi connectivity index (χ4n) is 8.74. The molecule has 248 valence electrons. The number of likely N-dealkylation sites (tertiary alicyclic amines) is 1. The second kappa shape index (κ2) is 11.2. The van der Waals surface area contributed by atoms with Gasteiger partial charge in [0, 0.05) is 29.0 Å². The number of amides is 1. The monoisotopic (exact) mass is 644 g/mol. The summed E-state index contributed by atoms with van der Waals surface area (Å²) in [5.74, 6) is 0.0815. The van der Waals surface area contributed by atoms with E-state index in [1.54, 1.807) is 6.20 Å². The first-order chi connectivity index (χ1) is 22.7. The van der Waals surface area contributed by atoms with E-state index in [1.807, 2.05) is 24.8 Å². The topological polar surface area (TPSA) is 131 Å². The molecule has 0 unspecified atom stereocenters. The summed E-state index contributed by atoms with van der Waals surface area (Å²) in [7, 11) is 3.72. The van der Waals surface area contributed by atoms with Crippen molar-refractivity contribution in [3.63, 3.8) is 0 Å². The van der Waals surface area contributed by atoms with Gasteiger partial charge < -0.3 is 29.3 Å². The number of piperidine rings is 2. The fourth-order valence-corrected chi connectivity index (χ4v) is 8.74. The van der Waals surface area contributed by atoms with Crippen LogP contribution in [0.1, 0.15) is 56.1 Å². The van der Waals surface area contributed by atoms with E-state index in [9.17, 15) is 4.79 Å². The number of hydrogen-bond acceptors (Lipinski definition) is 10. The van der Waals surface area contributed by atoms with E-state index in [4.69, 9.17) is 29.2 Å². The number of H-pyrrole nitrogens is 1. The van der Waals surface area contributed by atoms with E-state index >= 15 is 4.39 Å². The van der Waals surface area contributed by atoms with Crippen molar-refractivity contribution in [1.82, 2.24) is 35.4 Å². The molecule has 1 amide bonds. The van der Waals surface area contributed by atoms with Gasteiger partial charge in [0.2, 0.25) is 5.88 Å². The van der Waals surface area contributed by atoms with E-state index in [-0.39, 0.29) is 28.5 Å². The van der Waals surface area contributed by atoms with Crippen LogP contribution in [0, 0.1) is 25.1 Å². The number of anilines is 1. The van der Waals surface area contributed by atoms with Gasteiger partial charge in [-0.1, -0.05) is 6.42 Å². The summed E-state index contributed by atoms with van der Waals surface area (Å²) in [6, 6.07) is 2.56. The zero-order chi connectivity index (χ0) is 32.5. The number of nitrogens with zero attached hydrogens (tertiary/aromatic N) is 6. The van der Waals surface area contributed by atoms with E-state index < -0.39 is 17.5 Å². The minimum Gasteiger partial charge on any atom is -0.480 e. The molecule has 8 rings (SSSR count). The number of rotatable bonds is 6. The molecular weight excluding hydrogens is 603 g/mol. The van der Waals surface area contributed by atoms with Crippen molar-refractivity contribution in [1.29, 1.82) is 0 Å². The minimum atomic E-state index is -0.707. The maximum atomic E-state index is 17.2. The number of methoxy groups -OCH3 is 1. The summed E-state index contributed by atoms with van der Waals surface area (Å²) < 4.78 is 35.3. The lowest BCUT2D eigenvalue weighted by atomic mass is 9.76. The highest BCUT2D eigenvalue weighted by Gasteiger charge is 2.48. The molecule has 12 nitrogen and oxygen atoms in total. The Hall–Kier alpha value is -4.26. The number of aromatic nitrogens is 5. The molecular formula is C34H41FN8O4. The number of ether oxygens (including phenoxy) is 3. The summed E-state index contributed by atoms with van der Waals surface area (Å²) in [5, 5.41) is 11.2. The first-order valence-electron chi connectivity index (χ1n) is 16.6.